The van der Waals surface area contributed by atoms with Gasteiger partial charge in [0.15, 0.2) is 5.78 Å². The van der Waals surface area contributed by atoms with Crippen molar-refractivity contribution < 1.29 is 9.32 Å². The second-order valence-corrected chi connectivity index (χ2v) is 2.06. The predicted molar refractivity (Wildman–Crippen MR) is 35.7 cm³/mol. The first-order valence-electron chi connectivity index (χ1n) is 2.85. The van der Waals surface area contributed by atoms with E-state index in [1.54, 1.807) is 6.92 Å². The van der Waals surface area contributed by atoms with Crippen molar-refractivity contribution in [2.75, 3.05) is 5.73 Å². The summed E-state index contributed by atoms with van der Waals surface area (Å²) in [6.45, 7) is 3.10. The summed E-state index contributed by atoms with van der Waals surface area (Å²) in [5, 5.41) is 3.52. The van der Waals surface area contributed by atoms with E-state index in [1.807, 2.05) is 0 Å². The van der Waals surface area contributed by atoms with Crippen LogP contribution >= 0.6 is 0 Å². The van der Waals surface area contributed by atoms with E-state index in [0.29, 0.717) is 11.3 Å². The topological polar surface area (TPSA) is 69.1 Å². The number of Topliss-reactive ketones (excluding diaryl/α,β-unsaturated/α-hetero) is 1. The zero-order valence-electron chi connectivity index (χ0n) is 5.84. The Kier molecular flexibility index (Phi) is 1.45. The fourth-order valence-electron chi connectivity index (χ4n) is 0.815. The van der Waals surface area contributed by atoms with Gasteiger partial charge in [0.2, 0.25) is 5.88 Å². The summed E-state index contributed by atoms with van der Waals surface area (Å²) in [5.41, 5.74) is 6.23. The van der Waals surface area contributed by atoms with Crippen LogP contribution in [-0.2, 0) is 0 Å². The van der Waals surface area contributed by atoms with E-state index in [-0.39, 0.29) is 11.7 Å². The Balaban J connectivity index is 3.23. The molecule has 0 atom stereocenters. The summed E-state index contributed by atoms with van der Waals surface area (Å²) >= 11 is 0. The third-order valence-corrected chi connectivity index (χ3v) is 1.24. The summed E-state index contributed by atoms with van der Waals surface area (Å²) in [4.78, 5) is 10.8. The Hall–Kier alpha value is -1.32. The number of anilines is 1. The van der Waals surface area contributed by atoms with Gasteiger partial charge in [-0.2, -0.15) is 0 Å². The molecule has 1 rings (SSSR count). The largest absolute Gasteiger partial charge is 0.367 e. The van der Waals surface area contributed by atoms with Crippen LogP contribution < -0.4 is 5.73 Å². The van der Waals surface area contributed by atoms with Crippen LogP contribution in [-0.4, -0.2) is 10.9 Å². The molecule has 0 radical (unpaired) electrons. The van der Waals surface area contributed by atoms with E-state index in [9.17, 15) is 4.79 Å². The van der Waals surface area contributed by atoms with Crippen LogP contribution in [0.1, 0.15) is 23.0 Å². The van der Waals surface area contributed by atoms with Gasteiger partial charge in [0.05, 0.1) is 5.69 Å². The molecule has 0 spiro atoms. The number of hydrogen-bond acceptors (Lipinski definition) is 4. The maximum atomic E-state index is 10.8. The normalized spacial score (nSPS) is 9.80. The minimum Gasteiger partial charge on any atom is -0.367 e. The van der Waals surface area contributed by atoms with Crippen LogP contribution in [0.4, 0.5) is 5.88 Å². The predicted octanol–water partition coefficient (Wildman–Crippen LogP) is 0.768. The number of nitrogens with zero attached hydrogens (tertiary/aromatic N) is 1. The van der Waals surface area contributed by atoms with E-state index >= 15 is 0 Å². The molecule has 0 bridgehead atoms. The van der Waals surface area contributed by atoms with Crippen molar-refractivity contribution in [3.05, 3.63) is 11.3 Å². The molecule has 2 N–H and O–H groups in total. The summed E-state index contributed by atoms with van der Waals surface area (Å²) in [6.07, 6.45) is 0. The highest BCUT2D eigenvalue weighted by atomic mass is 16.5. The highest BCUT2D eigenvalue weighted by molar-refractivity contribution is 5.98. The van der Waals surface area contributed by atoms with Gasteiger partial charge in [-0.25, -0.2) is 0 Å². The number of nitrogen functional groups attached to an aromatic ring is 1. The number of rotatable bonds is 1. The molecule has 0 fully saturated rings. The lowest BCUT2D eigenvalue weighted by atomic mass is 10.2. The Morgan fingerprint density at radius 2 is 2.30 bits per heavy atom. The standard InChI is InChI=1S/C6H8N2O2/c1-3-5(4(2)9)6(7)10-8-3/h7H2,1-2H3. The van der Waals surface area contributed by atoms with E-state index in [4.69, 9.17) is 5.73 Å². The number of hydrogen-bond donors (Lipinski definition) is 1. The Labute approximate surface area is 58.0 Å². The Morgan fingerprint density at radius 3 is 2.50 bits per heavy atom. The lowest BCUT2D eigenvalue weighted by Gasteiger charge is -1.87. The number of nitrogens with two attached hydrogens (primary N) is 1. The lowest BCUT2D eigenvalue weighted by Crippen LogP contribution is -1.97. The molecule has 10 heavy (non-hydrogen) atoms. The molecule has 0 aliphatic heterocycles. The van der Waals surface area contributed by atoms with Gasteiger partial charge in [0.25, 0.3) is 0 Å². The SMILES string of the molecule is CC(=O)c1c(C)noc1N. The van der Waals surface area contributed by atoms with Crippen LogP contribution in [0.25, 0.3) is 0 Å². The Morgan fingerprint density at radius 1 is 1.70 bits per heavy atom. The maximum Gasteiger partial charge on any atom is 0.233 e. The summed E-state index contributed by atoms with van der Waals surface area (Å²) in [7, 11) is 0. The summed E-state index contributed by atoms with van der Waals surface area (Å²) < 4.78 is 4.56. The third kappa shape index (κ3) is 0.877. The molecular formula is C6H8N2O2. The van der Waals surface area contributed by atoms with Gasteiger partial charge in [0.1, 0.15) is 5.56 Å². The number of aromatic nitrogens is 1. The van der Waals surface area contributed by atoms with Crippen LogP contribution in [0, 0.1) is 6.92 Å². The molecule has 4 nitrogen and oxygen atoms in total. The summed E-state index contributed by atoms with van der Waals surface area (Å²) in [5.74, 6) is -0.0127. The highest BCUT2D eigenvalue weighted by Crippen LogP contribution is 2.14. The molecule has 0 unspecified atom stereocenters. The minimum atomic E-state index is -0.115. The first kappa shape index (κ1) is 6.80. The number of aryl methyl sites for hydroxylation is 1. The van der Waals surface area contributed by atoms with Crippen molar-refractivity contribution in [1.29, 1.82) is 0 Å². The zero-order chi connectivity index (χ0) is 7.72. The summed E-state index contributed by atoms with van der Waals surface area (Å²) in [6, 6.07) is 0. The van der Waals surface area contributed by atoms with Gasteiger partial charge in [0, 0.05) is 0 Å². The first-order valence-corrected chi connectivity index (χ1v) is 2.85. The van der Waals surface area contributed by atoms with Crippen molar-refractivity contribution >= 4 is 11.7 Å². The highest BCUT2D eigenvalue weighted by Gasteiger charge is 2.13. The number of carbonyl (C=O) groups excluding carboxylic acids is 1. The third-order valence-electron chi connectivity index (χ3n) is 1.24. The van der Waals surface area contributed by atoms with Gasteiger partial charge in [-0.15, -0.1) is 0 Å². The minimum absolute atomic E-state index is 0.102. The zero-order valence-corrected chi connectivity index (χ0v) is 5.84. The first-order chi connectivity index (χ1) is 4.63. The van der Waals surface area contributed by atoms with Crippen molar-refractivity contribution in [1.82, 2.24) is 5.16 Å². The van der Waals surface area contributed by atoms with Gasteiger partial charge in [-0.3, -0.25) is 4.79 Å². The molecule has 0 aliphatic rings. The lowest BCUT2D eigenvalue weighted by molar-refractivity contribution is 0.101. The molecule has 54 valence electrons. The molecule has 0 amide bonds. The molecular weight excluding hydrogens is 132 g/mol. The van der Waals surface area contributed by atoms with E-state index < -0.39 is 0 Å². The van der Waals surface area contributed by atoms with Crippen molar-refractivity contribution in [2.45, 2.75) is 13.8 Å². The molecule has 1 heterocycles. The van der Waals surface area contributed by atoms with Crippen LogP contribution in [0.3, 0.4) is 0 Å². The quantitative estimate of drug-likeness (QED) is 0.585. The number of ketones is 1. The fourth-order valence-corrected chi connectivity index (χ4v) is 0.815. The van der Waals surface area contributed by atoms with E-state index in [1.165, 1.54) is 6.92 Å². The van der Waals surface area contributed by atoms with Crippen molar-refractivity contribution in [3.63, 3.8) is 0 Å². The average Bonchev–Trinajstić information content (AvgIpc) is 2.11. The van der Waals surface area contributed by atoms with Crippen LogP contribution in [0.2, 0.25) is 0 Å². The molecule has 1 aromatic rings. The van der Waals surface area contributed by atoms with Crippen LogP contribution in [0.15, 0.2) is 4.52 Å². The van der Waals surface area contributed by atoms with E-state index in [0.717, 1.165) is 0 Å². The van der Waals surface area contributed by atoms with Crippen LogP contribution in [0.5, 0.6) is 0 Å². The van der Waals surface area contributed by atoms with Gasteiger partial charge < -0.3 is 10.3 Å². The smallest absolute Gasteiger partial charge is 0.233 e. The molecule has 0 aromatic carbocycles. The second kappa shape index (κ2) is 2.13. The second-order valence-electron chi connectivity index (χ2n) is 2.06. The van der Waals surface area contributed by atoms with E-state index in [2.05, 4.69) is 9.68 Å². The molecule has 0 saturated heterocycles. The monoisotopic (exact) mass is 140 g/mol. The molecule has 0 aliphatic carbocycles. The van der Waals surface area contributed by atoms with Gasteiger partial charge in [-0.05, 0) is 13.8 Å². The van der Waals surface area contributed by atoms with Gasteiger partial charge in [-0.1, -0.05) is 5.16 Å². The van der Waals surface area contributed by atoms with Crippen molar-refractivity contribution in [2.24, 2.45) is 0 Å². The Bertz CT molecular complexity index is 245. The van der Waals surface area contributed by atoms with Gasteiger partial charge >= 0.3 is 0 Å². The maximum absolute atomic E-state index is 10.8. The molecule has 1 aromatic heterocycles. The molecule has 4 heteroatoms. The van der Waals surface area contributed by atoms with Crippen molar-refractivity contribution in [3.8, 4) is 0 Å². The average molecular weight is 140 g/mol. The number of carbonyl (C=O) groups is 1. The fraction of sp³-hybridized carbons (Fsp3) is 0.333. The molecule has 0 saturated carbocycles.